The highest BCUT2D eigenvalue weighted by Crippen LogP contribution is 2.46. The van der Waals surface area contributed by atoms with E-state index < -0.39 is 26.7 Å². The standard InChI is InChI=1S/C23H26Cl2F2N4O3S/c1-14-4-3-8-30(11-14)17-7-9-34-23(17)12-31(13-23)16-10-15(24)22(21(27)20(16)25)35(32,33)29-19-6-2-5-18(26)28-19/h2,5-6,10,14,17H,3-4,7-9,11-13H2,1H3,(H,28,29)/t14-,17-/m1/s1. The molecule has 2 aromatic rings. The second-order valence-corrected chi connectivity index (χ2v) is 12.0. The molecule has 1 N–H and O–H groups in total. The summed E-state index contributed by atoms with van der Waals surface area (Å²) in [6, 6.07) is 5.20. The molecule has 7 nitrogen and oxygen atoms in total. The highest BCUT2D eigenvalue weighted by Gasteiger charge is 2.55. The third-order valence-electron chi connectivity index (χ3n) is 7.10. The second-order valence-electron chi connectivity index (χ2n) is 9.60. The van der Waals surface area contributed by atoms with Crippen LogP contribution in [0.4, 0.5) is 20.3 Å². The molecule has 1 spiro atoms. The van der Waals surface area contributed by atoms with Crippen LogP contribution in [0.2, 0.25) is 10.0 Å². The van der Waals surface area contributed by atoms with E-state index in [1.807, 2.05) is 9.62 Å². The van der Waals surface area contributed by atoms with Crippen molar-refractivity contribution >= 4 is 44.7 Å². The first-order valence-corrected chi connectivity index (χ1v) is 13.8. The molecule has 1 aromatic heterocycles. The number of hydrogen-bond donors (Lipinski definition) is 1. The summed E-state index contributed by atoms with van der Waals surface area (Å²) in [7, 11) is -4.52. The van der Waals surface area contributed by atoms with E-state index in [1.165, 1.54) is 31.0 Å². The summed E-state index contributed by atoms with van der Waals surface area (Å²) in [6.07, 6.45) is 3.34. The molecule has 2 atom stereocenters. The van der Waals surface area contributed by atoms with Crippen LogP contribution in [0.5, 0.6) is 0 Å². The van der Waals surface area contributed by atoms with Crippen molar-refractivity contribution in [2.24, 2.45) is 5.92 Å². The number of nitrogens with one attached hydrogen (secondary N) is 1. The van der Waals surface area contributed by atoms with E-state index in [0.29, 0.717) is 31.3 Å². The maximum absolute atomic E-state index is 15.3. The maximum atomic E-state index is 15.3. The Bertz CT molecular complexity index is 1240. The zero-order valence-corrected chi connectivity index (χ0v) is 21.4. The minimum absolute atomic E-state index is 0.281. The Morgan fingerprint density at radius 1 is 1.23 bits per heavy atom. The molecule has 190 valence electrons. The lowest BCUT2D eigenvalue weighted by molar-refractivity contribution is -0.0656. The molecule has 0 radical (unpaired) electrons. The van der Waals surface area contributed by atoms with Gasteiger partial charge >= 0.3 is 0 Å². The summed E-state index contributed by atoms with van der Waals surface area (Å²) in [5.41, 5.74) is -0.0533. The number of sulfonamides is 1. The predicted molar refractivity (Wildman–Crippen MR) is 131 cm³/mol. The largest absolute Gasteiger partial charge is 0.370 e. The van der Waals surface area contributed by atoms with Crippen molar-refractivity contribution in [1.82, 2.24) is 9.88 Å². The fourth-order valence-electron chi connectivity index (χ4n) is 5.53. The van der Waals surface area contributed by atoms with Gasteiger partial charge in [0.1, 0.15) is 21.3 Å². The van der Waals surface area contributed by atoms with Crippen LogP contribution in [0.25, 0.3) is 0 Å². The molecule has 3 saturated heterocycles. The van der Waals surface area contributed by atoms with E-state index in [-0.39, 0.29) is 27.5 Å². The van der Waals surface area contributed by atoms with Crippen molar-refractivity contribution in [3.8, 4) is 0 Å². The number of anilines is 2. The van der Waals surface area contributed by atoms with Crippen molar-refractivity contribution in [3.63, 3.8) is 0 Å². The van der Waals surface area contributed by atoms with Crippen LogP contribution < -0.4 is 9.62 Å². The Labute approximate surface area is 213 Å². The van der Waals surface area contributed by atoms with Crippen LogP contribution in [0, 0.1) is 17.7 Å². The SMILES string of the molecule is C[C@@H]1CCCN([C@@H]2CCOC23CN(c2cc(Cl)c(S(=O)(=O)Nc4cccc(F)n4)c(F)c2Cl)C3)C1. The third-order valence-corrected chi connectivity index (χ3v) is 9.28. The van der Waals surface area contributed by atoms with Gasteiger partial charge in [-0.1, -0.05) is 36.2 Å². The average molecular weight is 547 g/mol. The molecule has 4 heterocycles. The van der Waals surface area contributed by atoms with Crippen LogP contribution >= 0.6 is 23.2 Å². The van der Waals surface area contributed by atoms with Crippen LogP contribution in [0.1, 0.15) is 26.2 Å². The van der Waals surface area contributed by atoms with Gasteiger partial charge in [0.15, 0.2) is 5.82 Å². The molecule has 12 heteroatoms. The normalized spacial score (nSPS) is 24.5. The fourth-order valence-corrected chi connectivity index (χ4v) is 7.49. The number of hydrogen-bond acceptors (Lipinski definition) is 6. The van der Waals surface area contributed by atoms with E-state index in [9.17, 15) is 12.8 Å². The van der Waals surface area contributed by atoms with Crippen LogP contribution in [-0.4, -0.2) is 62.7 Å². The monoisotopic (exact) mass is 546 g/mol. The summed E-state index contributed by atoms with van der Waals surface area (Å²) in [5.74, 6) is -1.72. The summed E-state index contributed by atoms with van der Waals surface area (Å²) in [6.45, 7) is 6.03. The van der Waals surface area contributed by atoms with Crippen molar-refractivity contribution < 1.29 is 21.9 Å². The van der Waals surface area contributed by atoms with E-state index in [1.54, 1.807) is 0 Å². The van der Waals surface area contributed by atoms with Gasteiger partial charge in [-0.25, -0.2) is 17.8 Å². The highest BCUT2D eigenvalue weighted by atomic mass is 35.5. The number of likely N-dealkylation sites (tertiary alicyclic amines) is 1. The second kappa shape index (κ2) is 9.30. The van der Waals surface area contributed by atoms with Crippen molar-refractivity contribution in [2.75, 3.05) is 42.4 Å². The minimum Gasteiger partial charge on any atom is -0.370 e. The van der Waals surface area contributed by atoms with Gasteiger partial charge in [0.25, 0.3) is 10.0 Å². The first-order chi connectivity index (χ1) is 16.6. The Morgan fingerprint density at radius 2 is 2.00 bits per heavy atom. The maximum Gasteiger partial charge on any atom is 0.267 e. The zero-order chi connectivity index (χ0) is 25.0. The van der Waals surface area contributed by atoms with Gasteiger partial charge < -0.3 is 9.64 Å². The molecule has 0 amide bonds. The molecule has 3 aliphatic rings. The number of pyridine rings is 1. The van der Waals surface area contributed by atoms with Crippen molar-refractivity contribution in [2.45, 2.75) is 42.7 Å². The first-order valence-electron chi connectivity index (χ1n) is 11.6. The lowest BCUT2D eigenvalue weighted by Crippen LogP contribution is -2.70. The molecule has 0 bridgehead atoms. The molecule has 3 fully saturated rings. The fraction of sp³-hybridized carbons (Fsp3) is 0.522. The van der Waals surface area contributed by atoms with Gasteiger partial charge in [0, 0.05) is 19.2 Å². The van der Waals surface area contributed by atoms with E-state index in [4.69, 9.17) is 27.9 Å². The quantitative estimate of drug-likeness (QED) is 0.438. The molecule has 0 unspecified atom stereocenters. The van der Waals surface area contributed by atoms with E-state index in [0.717, 1.165) is 25.6 Å². The number of rotatable bonds is 5. The molecule has 0 aliphatic carbocycles. The minimum atomic E-state index is -4.52. The summed E-state index contributed by atoms with van der Waals surface area (Å²) >= 11 is 12.6. The van der Waals surface area contributed by atoms with Crippen LogP contribution in [0.3, 0.4) is 0 Å². The van der Waals surface area contributed by atoms with E-state index in [2.05, 4.69) is 16.8 Å². The number of halogens is 4. The topological polar surface area (TPSA) is 74.8 Å². The lowest BCUT2D eigenvalue weighted by Gasteiger charge is -2.54. The summed E-state index contributed by atoms with van der Waals surface area (Å²) in [5, 5.41) is -0.682. The first kappa shape index (κ1) is 25.0. The highest BCUT2D eigenvalue weighted by molar-refractivity contribution is 7.92. The molecule has 1 aromatic carbocycles. The van der Waals surface area contributed by atoms with Gasteiger partial charge in [-0.05, 0) is 49.9 Å². The van der Waals surface area contributed by atoms with Gasteiger partial charge in [-0.2, -0.15) is 4.39 Å². The molecule has 0 saturated carbocycles. The number of nitrogens with zero attached hydrogens (tertiary/aromatic N) is 3. The number of piperidine rings is 1. The molecule has 5 rings (SSSR count). The van der Waals surface area contributed by atoms with Crippen LogP contribution in [-0.2, 0) is 14.8 Å². The number of ether oxygens (including phenoxy) is 1. The van der Waals surface area contributed by atoms with Crippen molar-refractivity contribution in [3.05, 3.63) is 46.1 Å². The van der Waals surface area contributed by atoms with Gasteiger partial charge in [-0.15, -0.1) is 0 Å². The van der Waals surface area contributed by atoms with Gasteiger partial charge in [0.05, 0.1) is 23.8 Å². The van der Waals surface area contributed by atoms with Crippen LogP contribution in [0.15, 0.2) is 29.2 Å². The Morgan fingerprint density at radius 3 is 2.71 bits per heavy atom. The summed E-state index contributed by atoms with van der Waals surface area (Å²) < 4.78 is 62.5. The Balaban J connectivity index is 1.37. The third kappa shape index (κ3) is 4.59. The number of benzene rings is 1. The Hall–Kier alpha value is -1.72. The summed E-state index contributed by atoms with van der Waals surface area (Å²) in [4.78, 5) is 7.00. The predicted octanol–water partition coefficient (Wildman–Crippen LogP) is 4.55. The average Bonchev–Trinajstić information content (AvgIpc) is 3.20. The van der Waals surface area contributed by atoms with E-state index >= 15 is 4.39 Å². The van der Waals surface area contributed by atoms with Gasteiger partial charge in [0.2, 0.25) is 5.95 Å². The van der Waals surface area contributed by atoms with Gasteiger partial charge in [-0.3, -0.25) is 9.62 Å². The Kier molecular flexibility index (Phi) is 6.63. The smallest absolute Gasteiger partial charge is 0.267 e. The molecular formula is C23H26Cl2F2N4O3S. The lowest BCUT2D eigenvalue weighted by atomic mass is 9.83. The number of aromatic nitrogens is 1. The molecular weight excluding hydrogens is 521 g/mol. The molecule has 3 aliphatic heterocycles. The zero-order valence-electron chi connectivity index (χ0n) is 19.1. The molecule has 35 heavy (non-hydrogen) atoms. The van der Waals surface area contributed by atoms with Crippen molar-refractivity contribution in [1.29, 1.82) is 0 Å².